The maximum atomic E-state index is 4.81. The third kappa shape index (κ3) is 2.20. The molecular formula is C3H9NO2PS. The van der Waals surface area contributed by atoms with E-state index < -0.39 is 6.64 Å². The van der Waals surface area contributed by atoms with E-state index in [1.807, 2.05) is 0 Å². The van der Waals surface area contributed by atoms with Gasteiger partial charge in [-0.2, -0.15) is 5.09 Å². The Hall–Kier alpha value is 0.530. The molecular weight excluding hydrogens is 145 g/mol. The molecule has 8 heavy (non-hydrogen) atoms. The van der Waals surface area contributed by atoms with Crippen LogP contribution in [0.1, 0.15) is 0 Å². The highest BCUT2D eigenvalue weighted by atomic mass is 32.5. The molecule has 0 fully saturated rings. The van der Waals surface area contributed by atoms with Crippen LogP contribution < -0.4 is 5.09 Å². The van der Waals surface area contributed by atoms with E-state index in [1.165, 1.54) is 14.2 Å². The summed E-state index contributed by atoms with van der Waals surface area (Å²) in [7, 11) is 4.59. The molecule has 0 aromatic heterocycles. The van der Waals surface area contributed by atoms with Crippen LogP contribution in [0.3, 0.4) is 0 Å². The average molecular weight is 154 g/mol. The third-order valence-electron chi connectivity index (χ3n) is 0.706. The van der Waals surface area contributed by atoms with Crippen LogP contribution in [-0.4, -0.2) is 21.3 Å². The van der Waals surface area contributed by atoms with E-state index in [2.05, 4.69) is 5.09 Å². The number of hydrogen-bond donors (Lipinski definition) is 0. The van der Waals surface area contributed by atoms with Crippen molar-refractivity contribution in [2.75, 3.05) is 21.3 Å². The summed E-state index contributed by atoms with van der Waals surface area (Å²) in [5, 5.41) is 3.74. The fourth-order valence-electron chi connectivity index (χ4n) is 0.238. The second kappa shape index (κ2) is 3.54. The zero-order valence-corrected chi connectivity index (χ0v) is 6.83. The fraction of sp³-hybridized carbons (Fsp3) is 1.00. The molecule has 49 valence electrons. The van der Waals surface area contributed by atoms with Crippen LogP contribution in [0.4, 0.5) is 0 Å². The summed E-state index contributed by atoms with van der Waals surface area (Å²) in [5.41, 5.74) is 0. The molecule has 1 radical (unpaired) electrons. The van der Waals surface area contributed by atoms with Crippen molar-refractivity contribution in [3.63, 3.8) is 0 Å². The largest absolute Gasteiger partial charge is 0.320 e. The predicted octanol–water partition coefficient (Wildman–Crippen LogP) is 0.738. The minimum atomic E-state index is -2.20. The third-order valence-corrected chi connectivity index (χ3v) is 3.50. The minimum absolute atomic E-state index is 1.50. The molecule has 0 rings (SSSR count). The van der Waals surface area contributed by atoms with Crippen molar-refractivity contribution in [1.29, 1.82) is 0 Å². The van der Waals surface area contributed by atoms with E-state index >= 15 is 0 Å². The van der Waals surface area contributed by atoms with Crippen molar-refractivity contribution in [2.24, 2.45) is 0 Å². The summed E-state index contributed by atoms with van der Waals surface area (Å²) in [6, 6.07) is 0. The van der Waals surface area contributed by atoms with Gasteiger partial charge in [0.25, 0.3) is 6.64 Å². The number of hydrogen-bond acceptors (Lipinski definition) is 3. The summed E-state index contributed by atoms with van der Waals surface area (Å²) < 4.78 is 9.55. The highest BCUT2D eigenvalue weighted by Crippen LogP contribution is 2.42. The van der Waals surface area contributed by atoms with Crippen molar-refractivity contribution >= 4 is 18.4 Å². The van der Waals surface area contributed by atoms with Crippen LogP contribution in [-0.2, 0) is 20.9 Å². The molecule has 0 aromatic rings. The van der Waals surface area contributed by atoms with Gasteiger partial charge < -0.3 is 9.05 Å². The molecule has 0 unspecified atom stereocenters. The van der Waals surface area contributed by atoms with Gasteiger partial charge in [0.1, 0.15) is 0 Å². The van der Waals surface area contributed by atoms with Gasteiger partial charge in [0, 0.05) is 21.3 Å². The monoisotopic (exact) mass is 154 g/mol. The molecule has 0 atom stereocenters. The molecule has 5 heteroatoms. The summed E-state index contributed by atoms with van der Waals surface area (Å²) in [6.45, 7) is -2.20. The maximum absolute atomic E-state index is 4.81. The average Bonchev–Trinajstić information content (AvgIpc) is 1.87. The molecule has 0 spiro atoms. The number of nitrogens with zero attached hydrogens (tertiary/aromatic N) is 1. The first-order valence-corrected chi connectivity index (χ1v) is 4.60. The first-order chi connectivity index (χ1) is 3.68. The van der Waals surface area contributed by atoms with Gasteiger partial charge in [-0.05, 0) is 11.8 Å². The Morgan fingerprint density at radius 1 is 1.38 bits per heavy atom. The SMILES string of the molecule is C[N]P(=S)(OC)OC. The van der Waals surface area contributed by atoms with Gasteiger partial charge in [-0.15, -0.1) is 0 Å². The lowest BCUT2D eigenvalue weighted by Crippen LogP contribution is -1.97. The quantitative estimate of drug-likeness (QED) is 0.562. The normalized spacial score (nSPS) is 11.9. The van der Waals surface area contributed by atoms with Gasteiger partial charge >= 0.3 is 0 Å². The first kappa shape index (κ1) is 8.53. The lowest BCUT2D eigenvalue weighted by Gasteiger charge is -2.12. The van der Waals surface area contributed by atoms with Gasteiger partial charge in [0.05, 0.1) is 0 Å². The Kier molecular flexibility index (Phi) is 3.77. The summed E-state index contributed by atoms with van der Waals surface area (Å²) >= 11 is 4.81. The summed E-state index contributed by atoms with van der Waals surface area (Å²) in [6.07, 6.45) is 0. The maximum Gasteiger partial charge on any atom is 0.277 e. The molecule has 0 saturated carbocycles. The zero-order valence-electron chi connectivity index (χ0n) is 5.12. The van der Waals surface area contributed by atoms with Crippen LogP contribution in [0, 0.1) is 0 Å². The van der Waals surface area contributed by atoms with E-state index in [1.54, 1.807) is 7.05 Å². The molecule has 0 bridgehead atoms. The molecule has 0 aromatic carbocycles. The Labute approximate surface area is 54.6 Å². The topological polar surface area (TPSA) is 32.6 Å². The van der Waals surface area contributed by atoms with Crippen LogP contribution in [0.2, 0.25) is 0 Å². The Balaban J connectivity index is 3.79. The predicted molar refractivity (Wildman–Crippen MR) is 36.4 cm³/mol. The lowest BCUT2D eigenvalue weighted by atomic mass is 11.6. The molecule has 0 saturated heterocycles. The van der Waals surface area contributed by atoms with Crippen molar-refractivity contribution in [3.05, 3.63) is 0 Å². The van der Waals surface area contributed by atoms with Crippen LogP contribution in [0.25, 0.3) is 0 Å². The molecule has 0 aliphatic heterocycles. The van der Waals surface area contributed by atoms with Gasteiger partial charge in [-0.25, -0.2) is 0 Å². The van der Waals surface area contributed by atoms with Gasteiger partial charge in [0.15, 0.2) is 0 Å². The van der Waals surface area contributed by atoms with Gasteiger partial charge in [0.2, 0.25) is 0 Å². The number of rotatable bonds is 3. The van der Waals surface area contributed by atoms with Crippen LogP contribution in [0.15, 0.2) is 0 Å². The Bertz CT molecular complexity index is 88.4. The van der Waals surface area contributed by atoms with Crippen molar-refractivity contribution in [2.45, 2.75) is 0 Å². The van der Waals surface area contributed by atoms with E-state index in [4.69, 9.17) is 20.9 Å². The molecule has 0 aliphatic carbocycles. The molecule has 0 heterocycles. The first-order valence-electron chi connectivity index (χ1n) is 2.01. The van der Waals surface area contributed by atoms with Crippen LogP contribution >= 0.6 is 6.64 Å². The molecule has 3 nitrogen and oxygen atoms in total. The fourth-order valence-corrected chi connectivity index (χ4v) is 0.714. The van der Waals surface area contributed by atoms with E-state index in [0.717, 1.165) is 0 Å². The standard InChI is InChI=1S/C3H9NO2PS/c1-4-7(8,5-2)6-3/h1-3H3. The van der Waals surface area contributed by atoms with Crippen molar-refractivity contribution in [3.8, 4) is 0 Å². The van der Waals surface area contributed by atoms with Crippen molar-refractivity contribution in [1.82, 2.24) is 5.09 Å². The molecule has 0 aliphatic rings. The highest BCUT2D eigenvalue weighted by molar-refractivity contribution is 8.08. The summed E-state index contributed by atoms with van der Waals surface area (Å²) in [5.74, 6) is 0. The van der Waals surface area contributed by atoms with Gasteiger partial charge in [-0.1, -0.05) is 0 Å². The smallest absolute Gasteiger partial charge is 0.277 e. The zero-order chi connectivity index (χ0) is 6.62. The van der Waals surface area contributed by atoms with Gasteiger partial charge in [-0.3, -0.25) is 0 Å². The Morgan fingerprint density at radius 2 is 1.75 bits per heavy atom. The van der Waals surface area contributed by atoms with Crippen LogP contribution in [0.5, 0.6) is 0 Å². The lowest BCUT2D eigenvalue weighted by molar-refractivity contribution is 0.329. The second-order valence-corrected chi connectivity index (χ2v) is 4.49. The van der Waals surface area contributed by atoms with E-state index in [0.29, 0.717) is 0 Å². The highest BCUT2D eigenvalue weighted by Gasteiger charge is 2.11. The van der Waals surface area contributed by atoms with E-state index in [9.17, 15) is 0 Å². The minimum Gasteiger partial charge on any atom is -0.320 e. The second-order valence-electron chi connectivity index (χ2n) is 1.03. The van der Waals surface area contributed by atoms with Crippen molar-refractivity contribution < 1.29 is 9.05 Å². The molecule has 0 N–H and O–H groups in total. The van der Waals surface area contributed by atoms with E-state index in [-0.39, 0.29) is 0 Å². The summed E-state index contributed by atoms with van der Waals surface area (Å²) in [4.78, 5) is 0. The molecule has 0 amide bonds. The Morgan fingerprint density at radius 3 is 1.75 bits per heavy atom.